The predicted octanol–water partition coefficient (Wildman–Crippen LogP) is 3.65. The van der Waals surface area contributed by atoms with Gasteiger partial charge in [0.15, 0.2) is 5.82 Å². The Balaban J connectivity index is 1.71. The normalized spacial score (nSPS) is 15.5. The highest BCUT2D eigenvalue weighted by Gasteiger charge is 2.10. The van der Waals surface area contributed by atoms with Crippen LogP contribution in [0, 0.1) is 13.8 Å². The summed E-state index contributed by atoms with van der Waals surface area (Å²) in [6.45, 7) is 6.13. The summed E-state index contributed by atoms with van der Waals surface area (Å²) in [6.07, 6.45) is 7.97. The Morgan fingerprint density at radius 1 is 0.818 bits per heavy atom. The van der Waals surface area contributed by atoms with Crippen molar-refractivity contribution in [1.29, 1.82) is 0 Å². The molecule has 0 atom stereocenters. The second-order valence-electron chi connectivity index (χ2n) is 5.76. The fourth-order valence-corrected chi connectivity index (χ4v) is 2.83. The molecule has 4 nitrogen and oxygen atoms in total. The lowest BCUT2D eigenvalue weighted by molar-refractivity contribution is 0.578. The first-order chi connectivity index (χ1) is 10.7. The van der Waals surface area contributed by atoms with E-state index in [1.807, 2.05) is 26.0 Å². The second-order valence-corrected chi connectivity index (χ2v) is 5.76. The zero-order valence-electron chi connectivity index (χ0n) is 13.3. The molecule has 1 aliphatic rings. The first-order valence-corrected chi connectivity index (χ1v) is 7.93. The summed E-state index contributed by atoms with van der Waals surface area (Å²) < 4.78 is 0. The monoisotopic (exact) mass is 294 g/mol. The summed E-state index contributed by atoms with van der Waals surface area (Å²) in [5.41, 5.74) is 2.49. The van der Waals surface area contributed by atoms with Gasteiger partial charge in [0, 0.05) is 18.8 Å². The quantitative estimate of drug-likeness (QED) is 0.866. The van der Waals surface area contributed by atoms with E-state index in [-0.39, 0.29) is 0 Å². The van der Waals surface area contributed by atoms with E-state index in [2.05, 4.69) is 44.1 Å². The van der Waals surface area contributed by atoms with Crippen LogP contribution in [0.25, 0.3) is 12.2 Å². The number of aromatic nitrogens is 3. The van der Waals surface area contributed by atoms with E-state index in [0.717, 1.165) is 17.2 Å². The molecule has 2 heterocycles. The molecule has 0 amide bonds. The zero-order chi connectivity index (χ0) is 15.4. The molecule has 0 bridgehead atoms. The minimum absolute atomic E-state index is 0.713. The minimum atomic E-state index is 0.713. The Kier molecular flexibility index (Phi) is 4.47. The van der Waals surface area contributed by atoms with E-state index >= 15 is 0 Å². The second kappa shape index (κ2) is 6.69. The number of benzene rings is 1. The standard InChI is InChI=1S/C18H22N4/c1-14-19-15(2)21-18(20-14)11-8-16-6-9-17(10-7-16)22-12-4-3-5-13-22/h6-11H,3-5,12-13H2,1-2H3/b11-8+. The zero-order valence-corrected chi connectivity index (χ0v) is 13.3. The largest absolute Gasteiger partial charge is 0.372 e. The van der Waals surface area contributed by atoms with Gasteiger partial charge >= 0.3 is 0 Å². The molecule has 0 radical (unpaired) electrons. The molecule has 0 spiro atoms. The molecule has 0 unspecified atom stereocenters. The van der Waals surface area contributed by atoms with Gasteiger partial charge in [-0.2, -0.15) is 0 Å². The number of piperidine rings is 1. The fourth-order valence-electron chi connectivity index (χ4n) is 2.83. The molecule has 1 aromatic heterocycles. The van der Waals surface area contributed by atoms with Crippen LogP contribution in [0.4, 0.5) is 5.69 Å². The van der Waals surface area contributed by atoms with Crippen LogP contribution in [0.5, 0.6) is 0 Å². The molecule has 0 aliphatic carbocycles. The van der Waals surface area contributed by atoms with Gasteiger partial charge in [0.05, 0.1) is 0 Å². The maximum atomic E-state index is 4.32. The average Bonchev–Trinajstić information content (AvgIpc) is 2.53. The van der Waals surface area contributed by atoms with Crippen molar-refractivity contribution in [3.8, 4) is 0 Å². The van der Waals surface area contributed by atoms with Crippen molar-refractivity contribution in [2.75, 3.05) is 18.0 Å². The first kappa shape index (κ1) is 14.7. The van der Waals surface area contributed by atoms with Crippen molar-refractivity contribution in [2.45, 2.75) is 33.1 Å². The topological polar surface area (TPSA) is 41.9 Å². The Labute approximate surface area is 131 Å². The van der Waals surface area contributed by atoms with Crippen LogP contribution in [0.2, 0.25) is 0 Å². The Morgan fingerprint density at radius 2 is 1.45 bits per heavy atom. The molecule has 0 saturated carbocycles. The van der Waals surface area contributed by atoms with Gasteiger partial charge < -0.3 is 4.90 Å². The number of nitrogens with zero attached hydrogens (tertiary/aromatic N) is 4. The van der Waals surface area contributed by atoms with Crippen LogP contribution >= 0.6 is 0 Å². The van der Waals surface area contributed by atoms with Gasteiger partial charge in [-0.15, -0.1) is 0 Å². The molecule has 2 aromatic rings. The van der Waals surface area contributed by atoms with Gasteiger partial charge in [-0.1, -0.05) is 18.2 Å². The Bertz CT molecular complexity index is 635. The molecule has 22 heavy (non-hydrogen) atoms. The van der Waals surface area contributed by atoms with Crippen LogP contribution in [-0.4, -0.2) is 28.0 Å². The van der Waals surface area contributed by atoms with E-state index < -0.39 is 0 Å². The maximum absolute atomic E-state index is 4.32. The van der Waals surface area contributed by atoms with Crippen LogP contribution < -0.4 is 4.90 Å². The van der Waals surface area contributed by atoms with E-state index in [1.54, 1.807) is 0 Å². The van der Waals surface area contributed by atoms with E-state index in [4.69, 9.17) is 0 Å². The van der Waals surface area contributed by atoms with Gasteiger partial charge in [0.25, 0.3) is 0 Å². The number of hydrogen-bond donors (Lipinski definition) is 0. The lowest BCUT2D eigenvalue weighted by Crippen LogP contribution is -2.29. The average molecular weight is 294 g/mol. The molecule has 3 rings (SSSR count). The van der Waals surface area contributed by atoms with Gasteiger partial charge in [0.1, 0.15) is 11.6 Å². The highest BCUT2D eigenvalue weighted by molar-refractivity contribution is 5.67. The van der Waals surface area contributed by atoms with Gasteiger partial charge in [-0.3, -0.25) is 0 Å². The first-order valence-electron chi connectivity index (χ1n) is 7.93. The molecule has 1 aromatic carbocycles. The smallest absolute Gasteiger partial charge is 0.156 e. The highest BCUT2D eigenvalue weighted by atomic mass is 15.1. The van der Waals surface area contributed by atoms with Crippen LogP contribution in [0.1, 0.15) is 42.3 Å². The van der Waals surface area contributed by atoms with Crippen molar-refractivity contribution < 1.29 is 0 Å². The molecule has 1 saturated heterocycles. The van der Waals surface area contributed by atoms with Crippen molar-refractivity contribution in [1.82, 2.24) is 15.0 Å². The molecular weight excluding hydrogens is 272 g/mol. The SMILES string of the molecule is Cc1nc(C)nc(/C=C/c2ccc(N3CCCCC3)cc2)n1. The predicted molar refractivity (Wildman–Crippen MR) is 90.7 cm³/mol. The van der Waals surface area contributed by atoms with Gasteiger partial charge in [0.2, 0.25) is 0 Å². The van der Waals surface area contributed by atoms with Crippen LogP contribution in [0.3, 0.4) is 0 Å². The summed E-state index contributed by atoms with van der Waals surface area (Å²) in [5, 5.41) is 0. The van der Waals surface area contributed by atoms with Gasteiger partial charge in [-0.05, 0) is 56.9 Å². The fraction of sp³-hybridized carbons (Fsp3) is 0.389. The summed E-state index contributed by atoms with van der Waals surface area (Å²) in [7, 11) is 0. The van der Waals surface area contributed by atoms with Crippen LogP contribution in [0.15, 0.2) is 24.3 Å². The Morgan fingerprint density at radius 3 is 2.09 bits per heavy atom. The van der Waals surface area contributed by atoms with Gasteiger partial charge in [-0.25, -0.2) is 15.0 Å². The lowest BCUT2D eigenvalue weighted by Gasteiger charge is -2.28. The minimum Gasteiger partial charge on any atom is -0.372 e. The van der Waals surface area contributed by atoms with Crippen molar-refractivity contribution in [3.05, 3.63) is 47.3 Å². The molecule has 114 valence electrons. The summed E-state index contributed by atoms with van der Waals surface area (Å²) in [5.74, 6) is 2.23. The maximum Gasteiger partial charge on any atom is 0.156 e. The van der Waals surface area contributed by atoms with Crippen molar-refractivity contribution >= 4 is 17.8 Å². The third-order valence-corrected chi connectivity index (χ3v) is 3.92. The number of aryl methyl sites for hydroxylation is 2. The lowest BCUT2D eigenvalue weighted by atomic mass is 10.1. The molecule has 4 heteroatoms. The van der Waals surface area contributed by atoms with Crippen molar-refractivity contribution in [3.63, 3.8) is 0 Å². The number of rotatable bonds is 3. The highest BCUT2D eigenvalue weighted by Crippen LogP contribution is 2.20. The summed E-state index contributed by atoms with van der Waals surface area (Å²) >= 11 is 0. The summed E-state index contributed by atoms with van der Waals surface area (Å²) in [4.78, 5) is 15.3. The van der Waals surface area contributed by atoms with Crippen LogP contribution in [-0.2, 0) is 0 Å². The molecule has 1 fully saturated rings. The van der Waals surface area contributed by atoms with E-state index in [9.17, 15) is 0 Å². The third-order valence-electron chi connectivity index (χ3n) is 3.92. The number of anilines is 1. The third kappa shape index (κ3) is 3.70. The molecule has 1 aliphatic heterocycles. The molecular formula is C18H22N4. The summed E-state index contributed by atoms with van der Waals surface area (Å²) in [6, 6.07) is 8.71. The Hall–Kier alpha value is -2.23. The molecule has 0 N–H and O–H groups in total. The van der Waals surface area contributed by atoms with E-state index in [1.165, 1.54) is 38.0 Å². The van der Waals surface area contributed by atoms with Crippen molar-refractivity contribution in [2.24, 2.45) is 0 Å². The number of hydrogen-bond acceptors (Lipinski definition) is 4. The van der Waals surface area contributed by atoms with E-state index in [0.29, 0.717) is 5.82 Å².